The topological polar surface area (TPSA) is 33.3 Å². The van der Waals surface area contributed by atoms with Gasteiger partial charge in [-0.3, -0.25) is 5.32 Å². The summed E-state index contributed by atoms with van der Waals surface area (Å²) in [6, 6.07) is 0.610. The van der Waals surface area contributed by atoms with E-state index < -0.39 is 0 Å². The van der Waals surface area contributed by atoms with Crippen molar-refractivity contribution in [2.45, 2.75) is 38.0 Å². The van der Waals surface area contributed by atoms with Crippen molar-refractivity contribution in [2.75, 3.05) is 19.7 Å². The van der Waals surface area contributed by atoms with Gasteiger partial charge in [0.25, 0.3) is 0 Å². The van der Waals surface area contributed by atoms with E-state index in [9.17, 15) is 0 Å². The second kappa shape index (κ2) is 3.32. The molecule has 0 aromatic heterocycles. The molecule has 0 aromatic carbocycles. The van der Waals surface area contributed by atoms with Crippen molar-refractivity contribution in [3.63, 3.8) is 0 Å². The molecule has 0 aliphatic carbocycles. The van der Waals surface area contributed by atoms with Crippen molar-refractivity contribution < 1.29 is 4.74 Å². The van der Waals surface area contributed by atoms with Gasteiger partial charge in [0.2, 0.25) is 0 Å². The maximum Gasteiger partial charge on any atom is 0.132 e. The van der Waals surface area contributed by atoms with Gasteiger partial charge in [-0.05, 0) is 32.7 Å². The summed E-state index contributed by atoms with van der Waals surface area (Å²) in [4.78, 5) is 0. The van der Waals surface area contributed by atoms with E-state index in [1.807, 2.05) is 0 Å². The fraction of sp³-hybridized carbons (Fsp3) is 1.00. The van der Waals surface area contributed by atoms with Gasteiger partial charge in [-0.15, -0.1) is 0 Å². The molecule has 0 bridgehead atoms. The number of ether oxygens (including phenoxy) is 1. The third-order valence-corrected chi connectivity index (χ3v) is 2.78. The second-order valence-corrected chi connectivity index (χ2v) is 3.96. The Balaban J connectivity index is 1.97. The summed E-state index contributed by atoms with van der Waals surface area (Å²) in [6.07, 6.45) is 3.52. The molecule has 0 saturated carbocycles. The molecule has 1 spiro atoms. The first kappa shape index (κ1) is 8.48. The van der Waals surface area contributed by atoms with Gasteiger partial charge in [-0.25, -0.2) is 0 Å². The van der Waals surface area contributed by atoms with Crippen LogP contribution in [-0.4, -0.2) is 31.5 Å². The highest BCUT2D eigenvalue weighted by atomic mass is 16.5. The van der Waals surface area contributed by atoms with E-state index in [4.69, 9.17) is 4.74 Å². The summed E-state index contributed by atoms with van der Waals surface area (Å²) in [5.74, 6) is 0. The van der Waals surface area contributed by atoms with Crippen LogP contribution in [0.1, 0.15) is 26.2 Å². The molecule has 2 aliphatic rings. The van der Waals surface area contributed by atoms with E-state index in [1.165, 1.54) is 6.42 Å². The van der Waals surface area contributed by atoms with Crippen molar-refractivity contribution in [1.29, 1.82) is 0 Å². The highest BCUT2D eigenvalue weighted by Crippen LogP contribution is 2.22. The predicted octanol–water partition coefficient (Wildman–Crippen LogP) is 0.465. The highest BCUT2D eigenvalue weighted by molar-refractivity contribution is 4.89. The first-order chi connectivity index (χ1) is 5.81. The Labute approximate surface area is 73.9 Å². The SMILES string of the molecule is CC1CCOC2(CCCNC2)N1. The summed E-state index contributed by atoms with van der Waals surface area (Å²) in [7, 11) is 0. The molecular weight excluding hydrogens is 152 g/mol. The van der Waals surface area contributed by atoms with Gasteiger partial charge >= 0.3 is 0 Å². The summed E-state index contributed by atoms with van der Waals surface area (Å²) in [6.45, 7) is 5.26. The smallest absolute Gasteiger partial charge is 0.132 e. The number of hydrogen-bond donors (Lipinski definition) is 2. The van der Waals surface area contributed by atoms with Crippen molar-refractivity contribution >= 4 is 0 Å². The Hall–Kier alpha value is -0.120. The van der Waals surface area contributed by atoms with Crippen LogP contribution in [0.25, 0.3) is 0 Å². The van der Waals surface area contributed by atoms with E-state index in [2.05, 4.69) is 17.6 Å². The van der Waals surface area contributed by atoms with Crippen molar-refractivity contribution in [3.05, 3.63) is 0 Å². The van der Waals surface area contributed by atoms with Gasteiger partial charge in [-0.2, -0.15) is 0 Å². The lowest BCUT2D eigenvalue weighted by Gasteiger charge is -2.43. The molecule has 2 rings (SSSR count). The van der Waals surface area contributed by atoms with Crippen molar-refractivity contribution in [1.82, 2.24) is 10.6 Å². The number of nitrogens with one attached hydrogen (secondary N) is 2. The molecule has 3 heteroatoms. The van der Waals surface area contributed by atoms with Gasteiger partial charge in [-0.1, -0.05) is 0 Å². The molecule has 2 aliphatic heterocycles. The quantitative estimate of drug-likeness (QED) is 0.554. The molecule has 2 atom stereocenters. The minimum Gasteiger partial charge on any atom is -0.359 e. The van der Waals surface area contributed by atoms with Crippen LogP contribution in [0, 0.1) is 0 Å². The third-order valence-electron chi connectivity index (χ3n) is 2.78. The van der Waals surface area contributed by atoms with Crippen molar-refractivity contribution in [3.8, 4) is 0 Å². The molecule has 3 nitrogen and oxygen atoms in total. The van der Waals surface area contributed by atoms with Crippen LogP contribution in [0.4, 0.5) is 0 Å². The average molecular weight is 170 g/mol. The molecule has 2 heterocycles. The highest BCUT2D eigenvalue weighted by Gasteiger charge is 2.36. The minimum atomic E-state index is -0.0318. The summed E-state index contributed by atoms with van der Waals surface area (Å²) in [5.41, 5.74) is -0.0318. The first-order valence-corrected chi connectivity index (χ1v) is 4.93. The molecular formula is C9H18N2O. The van der Waals surface area contributed by atoms with E-state index in [0.717, 1.165) is 32.5 Å². The van der Waals surface area contributed by atoms with E-state index >= 15 is 0 Å². The Morgan fingerprint density at radius 2 is 2.42 bits per heavy atom. The maximum atomic E-state index is 5.80. The molecule has 0 aromatic rings. The molecule has 2 saturated heterocycles. The largest absolute Gasteiger partial charge is 0.359 e. The maximum absolute atomic E-state index is 5.80. The number of hydrogen-bond acceptors (Lipinski definition) is 3. The Kier molecular flexibility index (Phi) is 2.35. The van der Waals surface area contributed by atoms with E-state index in [-0.39, 0.29) is 5.72 Å². The lowest BCUT2D eigenvalue weighted by Crippen LogP contribution is -2.62. The van der Waals surface area contributed by atoms with Gasteiger partial charge in [0.15, 0.2) is 0 Å². The lowest BCUT2D eigenvalue weighted by atomic mass is 9.99. The molecule has 2 fully saturated rings. The normalized spacial score (nSPS) is 43.2. The molecule has 2 N–H and O–H groups in total. The number of rotatable bonds is 0. The third kappa shape index (κ3) is 1.63. The standard InChI is InChI=1S/C9H18N2O/c1-8-3-6-12-9(11-8)4-2-5-10-7-9/h8,10-11H,2-7H2,1H3. The van der Waals surface area contributed by atoms with Crippen LogP contribution in [0.15, 0.2) is 0 Å². The minimum absolute atomic E-state index is 0.0318. The summed E-state index contributed by atoms with van der Waals surface area (Å²) in [5, 5.41) is 6.93. The summed E-state index contributed by atoms with van der Waals surface area (Å²) >= 11 is 0. The second-order valence-electron chi connectivity index (χ2n) is 3.96. The summed E-state index contributed by atoms with van der Waals surface area (Å²) < 4.78 is 5.80. The van der Waals surface area contributed by atoms with Crippen LogP contribution in [0.2, 0.25) is 0 Å². The van der Waals surface area contributed by atoms with Crippen LogP contribution in [0.3, 0.4) is 0 Å². The van der Waals surface area contributed by atoms with E-state index in [0.29, 0.717) is 6.04 Å². The molecule has 12 heavy (non-hydrogen) atoms. The Morgan fingerprint density at radius 1 is 1.50 bits per heavy atom. The zero-order valence-corrected chi connectivity index (χ0v) is 7.73. The molecule has 70 valence electrons. The Bertz CT molecular complexity index is 149. The van der Waals surface area contributed by atoms with Crippen LogP contribution >= 0.6 is 0 Å². The Morgan fingerprint density at radius 3 is 3.08 bits per heavy atom. The van der Waals surface area contributed by atoms with Gasteiger partial charge in [0, 0.05) is 12.6 Å². The van der Waals surface area contributed by atoms with Crippen LogP contribution in [0.5, 0.6) is 0 Å². The van der Waals surface area contributed by atoms with Crippen molar-refractivity contribution in [2.24, 2.45) is 0 Å². The molecule has 0 radical (unpaired) electrons. The zero-order valence-electron chi connectivity index (χ0n) is 7.73. The van der Waals surface area contributed by atoms with E-state index in [1.54, 1.807) is 0 Å². The van der Waals surface area contributed by atoms with Gasteiger partial charge in [0.05, 0.1) is 6.61 Å². The van der Waals surface area contributed by atoms with Crippen LogP contribution in [-0.2, 0) is 4.74 Å². The fourth-order valence-corrected chi connectivity index (χ4v) is 2.12. The van der Waals surface area contributed by atoms with Gasteiger partial charge in [0.1, 0.15) is 5.72 Å². The number of piperidine rings is 1. The monoisotopic (exact) mass is 170 g/mol. The zero-order chi connectivity index (χ0) is 8.44. The predicted molar refractivity (Wildman–Crippen MR) is 48.0 cm³/mol. The average Bonchev–Trinajstić information content (AvgIpc) is 2.05. The first-order valence-electron chi connectivity index (χ1n) is 4.93. The molecule has 0 amide bonds. The lowest BCUT2D eigenvalue weighted by molar-refractivity contribution is -0.119. The van der Waals surface area contributed by atoms with Crippen LogP contribution < -0.4 is 10.6 Å². The van der Waals surface area contributed by atoms with Gasteiger partial charge < -0.3 is 10.1 Å². The fourth-order valence-electron chi connectivity index (χ4n) is 2.12. The molecule has 2 unspecified atom stereocenters.